The number of hydrogen-bond acceptors (Lipinski definition) is 6. The monoisotopic (exact) mass is 1240 g/mol. The molecule has 0 spiro atoms. The molecule has 3 N–H and O–H groups in total. The van der Waals surface area contributed by atoms with Crippen molar-refractivity contribution in [3.8, 4) is 22.5 Å². The van der Waals surface area contributed by atoms with E-state index in [9.17, 15) is 5.11 Å². The summed E-state index contributed by atoms with van der Waals surface area (Å²) in [6, 6.07) is 55.6. The highest BCUT2D eigenvalue weighted by Crippen LogP contribution is 2.45. The normalized spacial score (nSPS) is 19.4. The lowest BCUT2D eigenvalue weighted by Gasteiger charge is -2.30. The van der Waals surface area contributed by atoms with Crippen LogP contribution in [0.5, 0.6) is 0 Å². The van der Waals surface area contributed by atoms with Gasteiger partial charge < -0.3 is 15.4 Å². The Morgan fingerprint density at radius 1 is 0.383 bits per heavy atom. The summed E-state index contributed by atoms with van der Waals surface area (Å²) in [5.74, 6) is -0.184. The van der Waals surface area contributed by atoms with E-state index < -0.39 is 0 Å². The van der Waals surface area contributed by atoms with E-state index in [1.165, 1.54) is 38.9 Å². The average molecular weight is 1240 g/mol. The molecule has 3 aromatic heterocycles. The first-order valence-electron chi connectivity index (χ1n) is 33.7. The number of fused-ring (bicyclic) bond motifs is 9. The Bertz CT molecular complexity index is 4710. The van der Waals surface area contributed by atoms with Crippen molar-refractivity contribution in [3.05, 3.63) is 278 Å². The zero-order chi connectivity index (χ0) is 66.8. The van der Waals surface area contributed by atoms with Crippen molar-refractivity contribution in [2.45, 2.75) is 176 Å². The van der Waals surface area contributed by atoms with Gasteiger partial charge in [0.25, 0.3) is 0 Å². The highest BCUT2D eigenvalue weighted by Gasteiger charge is 2.36. The lowest BCUT2D eigenvalue weighted by Crippen LogP contribution is -2.34. The van der Waals surface area contributed by atoms with Crippen LogP contribution in [0.3, 0.4) is 0 Å². The minimum atomic E-state index is -0.184. The zero-order valence-corrected chi connectivity index (χ0v) is 58.5. The number of allylic oxidation sites excluding steroid dienone is 6. The summed E-state index contributed by atoms with van der Waals surface area (Å²) >= 11 is 0. The minimum absolute atomic E-state index is 0.00248. The van der Waals surface area contributed by atoms with Crippen molar-refractivity contribution in [3.63, 3.8) is 0 Å². The fraction of sp³-hybridized carbons (Fsp3) is 0.310. The van der Waals surface area contributed by atoms with E-state index in [4.69, 9.17) is 20.0 Å². The van der Waals surface area contributed by atoms with Gasteiger partial charge in [0.2, 0.25) is 0 Å². The number of rotatable bonds is 7. The second kappa shape index (κ2) is 23.2. The molecule has 2 atom stereocenters. The quantitative estimate of drug-likeness (QED) is 0.138. The van der Waals surface area contributed by atoms with Crippen LogP contribution in [0, 0.1) is 0 Å². The van der Waals surface area contributed by atoms with Crippen LogP contribution in [0.4, 0.5) is 0 Å². The SMILES string of the molecule is CC(C)(C)c1cc(/C2=C3\C=CC(N3)C(c3cc(C(C)(C)C)cc(C(C)(C)C)c3)C3=N/C(=C(/c4ccc(-c5ccc6ccc7ccc(-c8ccc(CO)cc8)nc7c6n5)cc4)c4ccc([nH]4)/C(c4cc(C(C)(C)C)cc(C(C)(C)C)c4)=C4/C=CC2=N4)C=C3)cc(C(C)(C)C)c1. The fourth-order valence-electron chi connectivity index (χ4n) is 13.4. The van der Waals surface area contributed by atoms with Crippen LogP contribution in [-0.4, -0.2) is 37.5 Å². The Morgan fingerprint density at radius 2 is 0.787 bits per heavy atom. The molecule has 13 rings (SSSR count). The zero-order valence-electron chi connectivity index (χ0n) is 58.5. The maximum absolute atomic E-state index is 9.75. The van der Waals surface area contributed by atoms with Gasteiger partial charge in [-0.2, -0.15) is 0 Å². The molecule has 0 saturated carbocycles. The van der Waals surface area contributed by atoms with Gasteiger partial charge in [-0.3, -0.25) is 4.99 Å². The van der Waals surface area contributed by atoms with Gasteiger partial charge in [-0.15, -0.1) is 0 Å². The van der Waals surface area contributed by atoms with E-state index in [1.54, 1.807) is 0 Å². The summed E-state index contributed by atoms with van der Waals surface area (Å²) in [5, 5.41) is 16.0. The Hall–Kier alpha value is -9.04. The van der Waals surface area contributed by atoms with Crippen molar-refractivity contribution in [2.24, 2.45) is 9.98 Å². The van der Waals surface area contributed by atoms with Crippen molar-refractivity contribution >= 4 is 49.9 Å². The number of nitrogens with one attached hydrogen (secondary N) is 2. The van der Waals surface area contributed by atoms with Crippen molar-refractivity contribution in [1.29, 1.82) is 0 Å². The summed E-state index contributed by atoms with van der Waals surface area (Å²) in [6.45, 7) is 41.8. The van der Waals surface area contributed by atoms with Crippen LogP contribution >= 0.6 is 0 Å². The molecule has 7 heterocycles. The van der Waals surface area contributed by atoms with E-state index in [0.29, 0.717) is 0 Å². The van der Waals surface area contributed by atoms with E-state index in [0.717, 1.165) is 123 Å². The third kappa shape index (κ3) is 12.4. The predicted octanol–water partition coefficient (Wildman–Crippen LogP) is 21.0. The molecule has 4 aliphatic rings. The molecule has 8 bridgehead atoms. The molecular formula is C87H92N6O. The molecule has 0 saturated heterocycles. The van der Waals surface area contributed by atoms with Gasteiger partial charge in [0.05, 0.1) is 63.8 Å². The molecule has 94 heavy (non-hydrogen) atoms. The molecular weight excluding hydrogens is 1140 g/mol. The lowest BCUT2D eigenvalue weighted by atomic mass is 9.76. The predicted molar refractivity (Wildman–Crippen MR) is 397 cm³/mol. The largest absolute Gasteiger partial charge is 0.392 e. The van der Waals surface area contributed by atoms with Crippen LogP contribution < -0.4 is 5.32 Å². The highest BCUT2D eigenvalue weighted by atomic mass is 16.3. The van der Waals surface area contributed by atoms with Crippen molar-refractivity contribution in [1.82, 2.24) is 20.3 Å². The summed E-state index contributed by atoms with van der Waals surface area (Å²) < 4.78 is 0. The Morgan fingerprint density at radius 3 is 1.26 bits per heavy atom. The molecule has 7 heteroatoms. The van der Waals surface area contributed by atoms with Gasteiger partial charge in [-0.05, 0) is 148 Å². The van der Waals surface area contributed by atoms with Gasteiger partial charge in [0.15, 0.2) is 0 Å². The number of pyridine rings is 2. The number of H-pyrrole nitrogens is 1. The van der Waals surface area contributed by atoms with Crippen LogP contribution in [0.25, 0.3) is 61.0 Å². The Balaban J connectivity index is 1.04. The van der Waals surface area contributed by atoms with Gasteiger partial charge in [-0.1, -0.05) is 258 Å². The summed E-state index contributed by atoms with van der Waals surface area (Å²) in [7, 11) is 0. The van der Waals surface area contributed by atoms with Gasteiger partial charge in [-0.25, -0.2) is 15.0 Å². The topological polar surface area (TPSA) is 98.5 Å². The number of aromatic amines is 1. The van der Waals surface area contributed by atoms with Crippen LogP contribution in [-0.2, 0) is 39.1 Å². The summed E-state index contributed by atoms with van der Waals surface area (Å²) in [6.07, 6.45) is 13.7. The third-order valence-corrected chi connectivity index (χ3v) is 19.4. The molecule has 6 aromatic carbocycles. The molecule has 0 fully saturated rings. The van der Waals surface area contributed by atoms with Crippen molar-refractivity contribution in [2.75, 3.05) is 0 Å². The van der Waals surface area contributed by atoms with E-state index in [1.807, 2.05) is 24.3 Å². The molecule has 4 aliphatic heterocycles. The number of aliphatic hydroxyl groups is 1. The summed E-state index contributed by atoms with van der Waals surface area (Å²) in [5.41, 5.74) is 27.5. The standard InChI is InChI=1S/C87H92N6O/c1-82(2,3)60-41-57(42-61(47-60)83(4,5)6)77-70-35-33-68(88-70)76(54-25-23-53(24-26-54)67-32-30-56-28-27-55-29-31-66(92-80(55)81(56)93-67)52-21-19-51(50-94)20-22-52)69-34-36-71(89-69)78(58-43-62(84(7,8)9)48-63(44-58)85(10,11)12)73-38-40-75(91-73)79(74-39-37-72(77)90-74)59-45-64(86(13,14)15)49-65(46-59)87(16,17)18/h19-49,72,77,89-90,94H,50H2,1-18H3/b76-68-,78-73-,79-74-. The fourth-order valence-corrected chi connectivity index (χ4v) is 13.4. The third-order valence-electron chi connectivity index (χ3n) is 19.4. The second-order valence-corrected chi connectivity index (χ2v) is 32.8. The van der Waals surface area contributed by atoms with E-state index in [2.05, 4.69) is 299 Å². The van der Waals surface area contributed by atoms with Crippen LogP contribution in [0.2, 0.25) is 0 Å². The van der Waals surface area contributed by atoms with Crippen LogP contribution in [0.1, 0.15) is 203 Å². The molecule has 0 amide bonds. The number of aliphatic imine (C=N–C) groups is 2. The molecule has 0 radical (unpaired) electrons. The van der Waals surface area contributed by atoms with Gasteiger partial charge in [0, 0.05) is 55.7 Å². The molecule has 2 unspecified atom stereocenters. The number of aromatic nitrogens is 3. The van der Waals surface area contributed by atoms with E-state index in [-0.39, 0.29) is 51.1 Å². The molecule has 0 aliphatic carbocycles. The maximum atomic E-state index is 9.75. The second-order valence-electron chi connectivity index (χ2n) is 32.8. The molecule has 476 valence electrons. The van der Waals surface area contributed by atoms with Crippen LogP contribution in [0.15, 0.2) is 215 Å². The highest BCUT2D eigenvalue weighted by molar-refractivity contribution is 6.32. The molecule has 9 aromatic rings. The number of nitrogens with zero attached hydrogens (tertiary/aromatic N) is 4. The number of aliphatic hydroxyl groups excluding tert-OH is 1. The molecule has 7 nitrogen and oxygen atoms in total. The van der Waals surface area contributed by atoms with E-state index >= 15 is 0 Å². The van der Waals surface area contributed by atoms with Gasteiger partial charge in [0.1, 0.15) is 0 Å². The first kappa shape index (κ1) is 63.7. The number of benzene rings is 6. The number of hydrogen-bond donors (Lipinski definition) is 3. The van der Waals surface area contributed by atoms with Crippen molar-refractivity contribution < 1.29 is 5.11 Å². The first-order chi connectivity index (χ1) is 44.2. The minimum Gasteiger partial charge on any atom is -0.392 e. The Labute approximate surface area is 558 Å². The smallest absolute Gasteiger partial charge is 0.0972 e. The average Bonchev–Trinajstić information content (AvgIpc) is 1.84. The lowest BCUT2D eigenvalue weighted by molar-refractivity contribution is 0.282. The van der Waals surface area contributed by atoms with Gasteiger partial charge >= 0.3 is 0 Å². The summed E-state index contributed by atoms with van der Waals surface area (Å²) in [4.78, 5) is 26.5. The first-order valence-corrected chi connectivity index (χ1v) is 33.7. The Kier molecular flexibility index (Phi) is 15.7. The maximum Gasteiger partial charge on any atom is 0.0972 e.